The molecule has 0 saturated heterocycles. The highest BCUT2D eigenvalue weighted by molar-refractivity contribution is 4.94. The summed E-state index contributed by atoms with van der Waals surface area (Å²) in [6.45, 7) is 2.89. The average Bonchev–Trinajstić information content (AvgIpc) is 3.16. The minimum absolute atomic E-state index is 0.682. The smallest absolute Gasteiger partial charge is 0.208 e. The third kappa shape index (κ3) is 2.94. The van der Waals surface area contributed by atoms with Crippen molar-refractivity contribution < 1.29 is 4.42 Å². The van der Waals surface area contributed by atoms with E-state index in [9.17, 15) is 0 Å². The third-order valence-corrected chi connectivity index (χ3v) is 4.50. The molecule has 3 heteroatoms. The van der Waals surface area contributed by atoms with Crippen LogP contribution < -0.4 is 5.32 Å². The monoisotopic (exact) mass is 248 g/mol. The van der Waals surface area contributed by atoms with E-state index in [0.717, 1.165) is 36.5 Å². The van der Waals surface area contributed by atoms with Crippen molar-refractivity contribution in [2.24, 2.45) is 11.8 Å². The van der Waals surface area contributed by atoms with Crippen molar-refractivity contribution in [3.05, 3.63) is 17.8 Å². The molecule has 1 aromatic heterocycles. The lowest BCUT2D eigenvalue weighted by atomic mass is 9.83. The highest BCUT2D eigenvalue weighted by atomic mass is 16.4. The van der Waals surface area contributed by atoms with E-state index in [-0.39, 0.29) is 0 Å². The van der Waals surface area contributed by atoms with E-state index >= 15 is 0 Å². The Kier molecular flexibility index (Phi) is 3.69. The van der Waals surface area contributed by atoms with Crippen LogP contribution in [0.15, 0.2) is 10.6 Å². The number of aromatic nitrogens is 1. The minimum atomic E-state index is 0.682. The second kappa shape index (κ2) is 5.43. The summed E-state index contributed by atoms with van der Waals surface area (Å²) in [5.74, 6) is 3.89. The van der Waals surface area contributed by atoms with Crippen molar-refractivity contribution >= 4 is 0 Å². The molecule has 0 amide bonds. The van der Waals surface area contributed by atoms with Gasteiger partial charge in [0.25, 0.3) is 0 Å². The van der Waals surface area contributed by atoms with E-state index in [4.69, 9.17) is 4.42 Å². The van der Waals surface area contributed by atoms with Gasteiger partial charge in [0.2, 0.25) is 5.89 Å². The summed E-state index contributed by atoms with van der Waals surface area (Å²) < 4.78 is 5.64. The molecule has 18 heavy (non-hydrogen) atoms. The third-order valence-electron chi connectivity index (χ3n) is 4.50. The van der Waals surface area contributed by atoms with Crippen molar-refractivity contribution in [1.82, 2.24) is 10.3 Å². The number of hydrogen-bond acceptors (Lipinski definition) is 3. The molecule has 1 N–H and O–H groups in total. The zero-order chi connectivity index (χ0) is 12.4. The number of oxazole rings is 1. The fourth-order valence-corrected chi connectivity index (χ4v) is 3.23. The number of aryl methyl sites for hydroxylation is 1. The van der Waals surface area contributed by atoms with E-state index in [1.807, 2.05) is 6.20 Å². The van der Waals surface area contributed by atoms with Crippen LogP contribution in [0.4, 0.5) is 0 Å². The van der Waals surface area contributed by atoms with Gasteiger partial charge in [-0.2, -0.15) is 0 Å². The summed E-state index contributed by atoms with van der Waals surface area (Å²) in [5, 5.41) is 3.63. The van der Waals surface area contributed by atoms with Gasteiger partial charge in [0.05, 0.1) is 12.7 Å². The van der Waals surface area contributed by atoms with E-state index < -0.39 is 0 Å². The Labute approximate surface area is 109 Å². The average molecular weight is 248 g/mol. The van der Waals surface area contributed by atoms with Gasteiger partial charge >= 0.3 is 0 Å². The maximum Gasteiger partial charge on any atom is 0.208 e. The van der Waals surface area contributed by atoms with Gasteiger partial charge < -0.3 is 9.73 Å². The molecule has 0 aliphatic heterocycles. The van der Waals surface area contributed by atoms with E-state index in [2.05, 4.69) is 17.2 Å². The quantitative estimate of drug-likeness (QED) is 0.869. The van der Waals surface area contributed by atoms with Gasteiger partial charge in [-0.3, -0.25) is 0 Å². The Bertz CT molecular complexity index is 384. The van der Waals surface area contributed by atoms with Crippen LogP contribution in [0.3, 0.4) is 0 Å². The van der Waals surface area contributed by atoms with Crippen molar-refractivity contribution in [3.63, 3.8) is 0 Å². The van der Waals surface area contributed by atoms with Crippen LogP contribution >= 0.6 is 0 Å². The Morgan fingerprint density at radius 3 is 2.89 bits per heavy atom. The first-order valence-electron chi connectivity index (χ1n) is 7.52. The molecule has 2 atom stereocenters. The predicted octanol–water partition coefficient (Wildman–Crippen LogP) is 3.30. The highest BCUT2D eigenvalue weighted by Gasteiger charge is 2.34. The normalized spacial score (nSPS) is 28.5. The standard InChI is InChI=1S/C15H24N2O/c1-2-14-9-17-15(18-14)10-16-13-5-3-4-12(8-13)11-6-7-11/h9,11-13,16H,2-8,10H2,1H3. The molecule has 100 valence electrons. The number of nitrogens with zero attached hydrogens (tertiary/aromatic N) is 1. The first-order valence-corrected chi connectivity index (χ1v) is 7.52. The van der Waals surface area contributed by atoms with Crippen LogP contribution in [0.2, 0.25) is 0 Å². The fraction of sp³-hybridized carbons (Fsp3) is 0.800. The van der Waals surface area contributed by atoms with Crippen LogP contribution in [0.25, 0.3) is 0 Å². The molecule has 0 radical (unpaired) electrons. The van der Waals surface area contributed by atoms with Crippen molar-refractivity contribution in [2.45, 2.75) is 64.5 Å². The molecule has 1 heterocycles. The van der Waals surface area contributed by atoms with Crippen molar-refractivity contribution in [2.75, 3.05) is 0 Å². The molecule has 2 unspecified atom stereocenters. The Morgan fingerprint density at radius 2 is 2.17 bits per heavy atom. The molecule has 3 nitrogen and oxygen atoms in total. The molecule has 1 aromatic rings. The fourth-order valence-electron chi connectivity index (χ4n) is 3.23. The second-order valence-corrected chi connectivity index (χ2v) is 5.92. The Hall–Kier alpha value is -0.830. The summed E-state index contributed by atoms with van der Waals surface area (Å²) >= 11 is 0. The Balaban J connectivity index is 1.47. The zero-order valence-electron chi connectivity index (χ0n) is 11.3. The molecule has 2 saturated carbocycles. The summed E-state index contributed by atoms with van der Waals surface area (Å²) in [6.07, 6.45) is 11.3. The molecule has 0 bridgehead atoms. The summed E-state index contributed by atoms with van der Waals surface area (Å²) in [6, 6.07) is 0.682. The lowest BCUT2D eigenvalue weighted by Gasteiger charge is -2.29. The van der Waals surface area contributed by atoms with E-state index in [0.29, 0.717) is 6.04 Å². The summed E-state index contributed by atoms with van der Waals surface area (Å²) in [5.41, 5.74) is 0. The summed E-state index contributed by atoms with van der Waals surface area (Å²) in [4.78, 5) is 4.31. The maximum atomic E-state index is 5.64. The van der Waals surface area contributed by atoms with E-state index in [1.54, 1.807) is 0 Å². The molecule has 0 spiro atoms. The molecular formula is C15H24N2O. The maximum absolute atomic E-state index is 5.64. The van der Waals surface area contributed by atoms with Crippen LogP contribution in [-0.4, -0.2) is 11.0 Å². The minimum Gasteiger partial charge on any atom is -0.444 e. The van der Waals surface area contributed by atoms with Gasteiger partial charge in [0, 0.05) is 12.5 Å². The van der Waals surface area contributed by atoms with E-state index in [1.165, 1.54) is 38.5 Å². The molecule has 2 aliphatic rings. The lowest BCUT2D eigenvalue weighted by Crippen LogP contribution is -2.34. The van der Waals surface area contributed by atoms with Gasteiger partial charge in [-0.1, -0.05) is 19.8 Å². The largest absolute Gasteiger partial charge is 0.444 e. The topological polar surface area (TPSA) is 38.1 Å². The predicted molar refractivity (Wildman–Crippen MR) is 71.2 cm³/mol. The summed E-state index contributed by atoms with van der Waals surface area (Å²) in [7, 11) is 0. The second-order valence-electron chi connectivity index (χ2n) is 5.92. The first-order chi connectivity index (χ1) is 8.85. The van der Waals surface area contributed by atoms with Crippen LogP contribution in [0.1, 0.15) is 57.1 Å². The van der Waals surface area contributed by atoms with Crippen molar-refractivity contribution in [3.8, 4) is 0 Å². The van der Waals surface area contributed by atoms with Gasteiger partial charge in [-0.05, 0) is 37.5 Å². The van der Waals surface area contributed by atoms with Crippen LogP contribution in [-0.2, 0) is 13.0 Å². The van der Waals surface area contributed by atoms with Crippen LogP contribution in [0, 0.1) is 11.8 Å². The number of nitrogens with one attached hydrogen (secondary N) is 1. The Morgan fingerprint density at radius 1 is 1.28 bits per heavy atom. The number of rotatable bonds is 5. The SMILES string of the molecule is CCc1cnc(CNC2CCCC(C3CC3)C2)o1. The van der Waals surface area contributed by atoms with Gasteiger partial charge in [-0.15, -0.1) is 0 Å². The van der Waals surface area contributed by atoms with Crippen LogP contribution in [0.5, 0.6) is 0 Å². The first kappa shape index (κ1) is 12.2. The zero-order valence-corrected chi connectivity index (χ0v) is 11.3. The molecule has 0 aromatic carbocycles. The molecule has 2 fully saturated rings. The molecule has 2 aliphatic carbocycles. The highest BCUT2D eigenvalue weighted by Crippen LogP contribution is 2.43. The van der Waals surface area contributed by atoms with Gasteiger partial charge in [-0.25, -0.2) is 4.98 Å². The molecule has 3 rings (SSSR count). The van der Waals surface area contributed by atoms with Gasteiger partial charge in [0.15, 0.2) is 0 Å². The molecular weight excluding hydrogens is 224 g/mol. The number of hydrogen-bond donors (Lipinski definition) is 1. The lowest BCUT2D eigenvalue weighted by molar-refractivity contribution is 0.254. The van der Waals surface area contributed by atoms with Crippen molar-refractivity contribution in [1.29, 1.82) is 0 Å². The van der Waals surface area contributed by atoms with Gasteiger partial charge in [0.1, 0.15) is 5.76 Å².